The summed E-state index contributed by atoms with van der Waals surface area (Å²) < 4.78 is 0. The molecule has 2 heterocycles. The van der Waals surface area contributed by atoms with Crippen molar-refractivity contribution in [1.82, 2.24) is 10.2 Å². The number of aliphatic hydroxyl groups is 1. The molecule has 6 heteroatoms. The molecule has 0 aliphatic carbocycles. The van der Waals surface area contributed by atoms with E-state index in [1.165, 1.54) is 11.3 Å². The van der Waals surface area contributed by atoms with Crippen LogP contribution in [0, 0.1) is 5.92 Å². The number of thiophene rings is 1. The first-order valence-corrected chi connectivity index (χ1v) is 7.12. The molecule has 1 aromatic rings. The highest BCUT2D eigenvalue weighted by Crippen LogP contribution is 2.28. The molecule has 2 rings (SSSR count). The van der Waals surface area contributed by atoms with Crippen LogP contribution < -0.4 is 5.32 Å². The van der Waals surface area contributed by atoms with E-state index in [1.54, 1.807) is 17.0 Å². The van der Waals surface area contributed by atoms with Gasteiger partial charge < -0.3 is 15.3 Å². The minimum atomic E-state index is -0.770. The minimum absolute atomic E-state index is 0.0229. The van der Waals surface area contributed by atoms with Crippen LogP contribution in [0.1, 0.15) is 23.5 Å². The van der Waals surface area contributed by atoms with Crippen LogP contribution in [-0.2, 0) is 4.79 Å². The predicted molar refractivity (Wildman–Crippen MR) is 73.0 cm³/mol. The summed E-state index contributed by atoms with van der Waals surface area (Å²) in [4.78, 5) is 25.6. The summed E-state index contributed by atoms with van der Waals surface area (Å²) in [6.45, 7) is 4.53. The van der Waals surface area contributed by atoms with Crippen molar-refractivity contribution >= 4 is 23.2 Å². The monoisotopic (exact) mass is 282 g/mol. The molecule has 0 bridgehead atoms. The molecule has 0 radical (unpaired) electrons. The fraction of sp³-hybridized carbons (Fsp3) is 0.538. The predicted octanol–water partition coefficient (Wildman–Crippen LogP) is 0.707. The normalized spacial score (nSPS) is 17.2. The van der Waals surface area contributed by atoms with Crippen LogP contribution in [-0.4, -0.2) is 47.1 Å². The van der Waals surface area contributed by atoms with Crippen LogP contribution in [0.2, 0.25) is 0 Å². The number of β-amino-alcohol motifs (C(OH)–C–C–N with tert-alkyl or cyclic N) is 1. The molecule has 0 atom stereocenters. The molecule has 1 aliphatic rings. The minimum Gasteiger partial charge on any atom is -0.386 e. The molecule has 0 aromatic carbocycles. The molecule has 1 fully saturated rings. The highest BCUT2D eigenvalue weighted by atomic mass is 32.1. The van der Waals surface area contributed by atoms with E-state index in [9.17, 15) is 14.7 Å². The number of amides is 2. The fourth-order valence-electron chi connectivity index (χ4n) is 1.92. The number of carbonyl (C=O) groups excluding carboxylic acids is 2. The van der Waals surface area contributed by atoms with Crippen molar-refractivity contribution in [2.75, 3.05) is 19.6 Å². The average molecular weight is 282 g/mol. The van der Waals surface area contributed by atoms with Crippen molar-refractivity contribution in [3.05, 3.63) is 22.4 Å². The summed E-state index contributed by atoms with van der Waals surface area (Å²) in [5, 5.41) is 14.5. The van der Waals surface area contributed by atoms with E-state index >= 15 is 0 Å². The van der Waals surface area contributed by atoms with E-state index in [-0.39, 0.29) is 24.3 Å². The Bertz CT molecular complexity index is 464. The second-order valence-electron chi connectivity index (χ2n) is 5.17. The van der Waals surface area contributed by atoms with Crippen molar-refractivity contribution in [1.29, 1.82) is 0 Å². The lowest BCUT2D eigenvalue weighted by Crippen LogP contribution is -2.67. The number of likely N-dealkylation sites (tertiary alicyclic amines) is 1. The third-order valence-electron chi connectivity index (χ3n) is 3.50. The van der Waals surface area contributed by atoms with Gasteiger partial charge in [0.15, 0.2) is 0 Å². The standard InChI is InChI=1S/C13H18N2O3S/c1-9(2)13(18)7-15(8-13)11(16)6-14-12(17)10-4-3-5-19-10/h3-5,9,18H,6-8H2,1-2H3,(H,14,17). The third kappa shape index (κ3) is 2.96. The largest absolute Gasteiger partial charge is 0.386 e. The highest BCUT2D eigenvalue weighted by Gasteiger charge is 2.45. The van der Waals surface area contributed by atoms with Gasteiger partial charge in [0.25, 0.3) is 5.91 Å². The molecule has 2 amide bonds. The first-order valence-electron chi connectivity index (χ1n) is 6.24. The molecule has 5 nitrogen and oxygen atoms in total. The summed E-state index contributed by atoms with van der Waals surface area (Å²) in [5.41, 5.74) is -0.770. The molecule has 104 valence electrons. The Kier molecular flexibility index (Phi) is 3.91. The maximum absolute atomic E-state index is 11.8. The maximum atomic E-state index is 11.8. The van der Waals surface area contributed by atoms with Crippen LogP contribution in [0.15, 0.2) is 17.5 Å². The molecular weight excluding hydrogens is 264 g/mol. The molecule has 1 saturated heterocycles. The molecule has 0 unspecified atom stereocenters. The number of hydrogen-bond donors (Lipinski definition) is 2. The van der Waals surface area contributed by atoms with Crippen molar-refractivity contribution in [2.24, 2.45) is 5.92 Å². The first-order chi connectivity index (χ1) is 8.92. The highest BCUT2D eigenvalue weighted by molar-refractivity contribution is 7.12. The second-order valence-corrected chi connectivity index (χ2v) is 6.12. The van der Waals surface area contributed by atoms with Crippen molar-refractivity contribution in [3.8, 4) is 0 Å². The first kappa shape index (κ1) is 14.0. The zero-order valence-electron chi connectivity index (χ0n) is 11.0. The van der Waals surface area contributed by atoms with E-state index in [4.69, 9.17) is 0 Å². The molecular formula is C13H18N2O3S. The fourth-order valence-corrected chi connectivity index (χ4v) is 2.56. The molecule has 0 saturated carbocycles. The van der Waals surface area contributed by atoms with Gasteiger partial charge in [-0.15, -0.1) is 11.3 Å². The van der Waals surface area contributed by atoms with Gasteiger partial charge in [0.2, 0.25) is 5.91 Å². The van der Waals surface area contributed by atoms with Crippen LogP contribution in [0.5, 0.6) is 0 Å². The van der Waals surface area contributed by atoms with Gasteiger partial charge >= 0.3 is 0 Å². The second kappa shape index (κ2) is 5.30. The Labute approximate surface area is 116 Å². The summed E-state index contributed by atoms with van der Waals surface area (Å²) in [6, 6.07) is 3.51. The van der Waals surface area contributed by atoms with Gasteiger partial charge in [0.05, 0.1) is 24.5 Å². The number of carbonyl (C=O) groups is 2. The number of hydrogen-bond acceptors (Lipinski definition) is 4. The average Bonchev–Trinajstić information content (AvgIpc) is 2.84. The maximum Gasteiger partial charge on any atom is 0.261 e. The Balaban J connectivity index is 1.76. The van der Waals surface area contributed by atoms with Gasteiger partial charge in [-0.3, -0.25) is 9.59 Å². The lowest BCUT2D eigenvalue weighted by molar-refractivity contribution is -0.162. The van der Waals surface area contributed by atoms with Crippen molar-refractivity contribution in [3.63, 3.8) is 0 Å². The van der Waals surface area contributed by atoms with E-state index in [1.807, 2.05) is 19.2 Å². The Morgan fingerprint density at radius 3 is 2.74 bits per heavy atom. The number of nitrogens with zero attached hydrogens (tertiary/aromatic N) is 1. The van der Waals surface area contributed by atoms with Crippen molar-refractivity contribution in [2.45, 2.75) is 19.4 Å². The molecule has 1 aromatic heterocycles. The molecule has 1 aliphatic heterocycles. The van der Waals surface area contributed by atoms with Crippen molar-refractivity contribution < 1.29 is 14.7 Å². The summed E-state index contributed by atoms with van der Waals surface area (Å²) >= 11 is 1.34. The van der Waals surface area contributed by atoms with Gasteiger partial charge in [-0.2, -0.15) is 0 Å². The summed E-state index contributed by atoms with van der Waals surface area (Å²) in [5.74, 6) is -0.268. The summed E-state index contributed by atoms with van der Waals surface area (Å²) in [6.07, 6.45) is 0. The topological polar surface area (TPSA) is 69.6 Å². The van der Waals surface area contributed by atoms with Gasteiger partial charge in [-0.05, 0) is 17.4 Å². The Hall–Kier alpha value is -1.40. The SMILES string of the molecule is CC(C)C1(O)CN(C(=O)CNC(=O)c2cccs2)C1. The lowest BCUT2D eigenvalue weighted by atomic mass is 9.83. The molecule has 0 spiro atoms. The van der Waals surface area contributed by atoms with Gasteiger partial charge in [0, 0.05) is 0 Å². The Morgan fingerprint density at radius 2 is 2.21 bits per heavy atom. The summed E-state index contributed by atoms with van der Waals surface area (Å²) in [7, 11) is 0. The van der Waals surface area contributed by atoms with Gasteiger partial charge in [-0.25, -0.2) is 0 Å². The quantitative estimate of drug-likeness (QED) is 0.854. The van der Waals surface area contributed by atoms with Crippen LogP contribution in [0.25, 0.3) is 0 Å². The molecule has 19 heavy (non-hydrogen) atoms. The number of rotatable bonds is 4. The van der Waals surface area contributed by atoms with E-state index in [0.717, 1.165) is 0 Å². The van der Waals surface area contributed by atoms with Gasteiger partial charge in [-0.1, -0.05) is 19.9 Å². The van der Waals surface area contributed by atoms with Gasteiger partial charge in [0.1, 0.15) is 5.60 Å². The lowest BCUT2D eigenvalue weighted by Gasteiger charge is -2.49. The zero-order chi connectivity index (χ0) is 14.0. The Morgan fingerprint density at radius 1 is 1.53 bits per heavy atom. The third-order valence-corrected chi connectivity index (χ3v) is 4.37. The molecule has 2 N–H and O–H groups in total. The van der Waals surface area contributed by atoms with E-state index in [2.05, 4.69) is 5.32 Å². The number of nitrogens with one attached hydrogen (secondary N) is 1. The zero-order valence-corrected chi connectivity index (χ0v) is 11.9. The van der Waals surface area contributed by atoms with Crippen LogP contribution >= 0.6 is 11.3 Å². The van der Waals surface area contributed by atoms with Crippen LogP contribution in [0.4, 0.5) is 0 Å². The van der Waals surface area contributed by atoms with E-state index < -0.39 is 5.60 Å². The van der Waals surface area contributed by atoms with E-state index in [0.29, 0.717) is 18.0 Å². The smallest absolute Gasteiger partial charge is 0.261 e. The van der Waals surface area contributed by atoms with Crippen LogP contribution in [0.3, 0.4) is 0 Å².